The summed E-state index contributed by atoms with van der Waals surface area (Å²) in [6, 6.07) is 5.87. The largest absolute Gasteiger partial charge is 0.483 e. The van der Waals surface area contributed by atoms with Crippen LogP contribution in [0.2, 0.25) is 0 Å². The normalized spacial score (nSPS) is 16.3. The lowest BCUT2D eigenvalue weighted by atomic mass is 10.1. The lowest BCUT2D eigenvalue weighted by Crippen LogP contribution is -2.41. The van der Waals surface area contributed by atoms with Gasteiger partial charge in [-0.05, 0) is 44.7 Å². The summed E-state index contributed by atoms with van der Waals surface area (Å²) in [4.78, 5) is 26.0. The number of para-hydroxylation sites is 1. The topological polar surface area (TPSA) is 65.1 Å². The first-order chi connectivity index (χ1) is 12.5. The molecule has 1 fully saturated rings. The molecule has 2 rings (SSSR count). The molecule has 1 saturated heterocycles. The maximum Gasteiger partial charge on any atom is 0.307 e. The Kier molecular flexibility index (Phi) is 7.91. The minimum absolute atomic E-state index is 0.0290. The highest BCUT2D eigenvalue weighted by Crippen LogP contribution is 2.22. The Labute approximate surface area is 155 Å². The van der Waals surface area contributed by atoms with Crippen LogP contribution in [0.1, 0.15) is 37.3 Å². The van der Waals surface area contributed by atoms with Crippen LogP contribution in [-0.4, -0.2) is 55.8 Å². The van der Waals surface area contributed by atoms with E-state index >= 15 is 0 Å². The molecule has 1 aromatic rings. The first-order valence-corrected chi connectivity index (χ1v) is 9.25. The van der Waals surface area contributed by atoms with Crippen molar-refractivity contribution >= 4 is 11.9 Å². The molecule has 6 nitrogen and oxygen atoms in total. The first kappa shape index (κ1) is 20.2. The third-order valence-corrected chi connectivity index (χ3v) is 4.44. The predicted octanol–water partition coefficient (Wildman–Crippen LogP) is 2.64. The van der Waals surface area contributed by atoms with Gasteiger partial charge in [-0.1, -0.05) is 18.2 Å². The van der Waals surface area contributed by atoms with Crippen molar-refractivity contribution in [1.82, 2.24) is 4.90 Å². The highest BCUT2D eigenvalue weighted by atomic mass is 16.5. The highest BCUT2D eigenvalue weighted by Gasteiger charge is 2.24. The van der Waals surface area contributed by atoms with Gasteiger partial charge in [0.2, 0.25) is 0 Å². The monoisotopic (exact) mass is 363 g/mol. The van der Waals surface area contributed by atoms with Crippen molar-refractivity contribution in [2.45, 2.75) is 46.1 Å². The molecule has 1 atom stereocenters. The van der Waals surface area contributed by atoms with E-state index in [1.807, 2.05) is 32.0 Å². The van der Waals surface area contributed by atoms with E-state index in [1.165, 1.54) is 0 Å². The van der Waals surface area contributed by atoms with Crippen LogP contribution in [0.5, 0.6) is 5.75 Å². The van der Waals surface area contributed by atoms with E-state index in [0.29, 0.717) is 19.7 Å². The number of esters is 1. The lowest BCUT2D eigenvalue weighted by molar-refractivity contribution is -0.144. The van der Waals surface area contributed by atoms with Gasteiger partial charge in [-0.3, -0.25) is 9.59 Å². The summed E-state index contributed by atoms with van der Waals surface area (Å²) in [6.07, 6.45) is 2.14. The number of hydrogen-bond donors (Lipinski definition) is 0. The quantitative estimate of drug-likeness (QED) is 0.631. The van der Waals surface area contributed by atoms with Crippen LogP contribution >= 0.6 is 0 Å². The number of aryl methyl sites for hydroxylation is 2. The Hall–Kier alpha value is -2.08. The van der Waals surface area contributed by atoms with Gasteiger partial charge >= 0.3 is 5.97 Å². The van der Waals surface area contributed by atoms with Crippen LogP contribution in [0.15, 0.2) is 18.2 Å². The van der Waals surface area contributed by atoms with Gasteiger partial charge in [0, 0.05) is 19.7 Å². The van der Waals surface area contributed by atoms with E-state index in [-0.39, 0.29) is 31.0 Å². The van der Waals surface area contributed by atoms with E-state index < -0.39 is 0 Å². The lowest BCUT2D eigenvalue weighted by Gasteiger charge is -2.25. The van der Waals surface area contributed by atoms with E-state index in [4.69, 9.17) is 14.2 Å². The molecular formula is C20H29NO5. The molecule has 1 unspecified atom stereocenters. The minimum Gasteiger partial charge on any atom is -0.483 e. The van der Waals surface area contributed by atoms with E-state index in [2.05, 4.69) is 0 Å². The Bertz CT molecular complexity index is 590. The van der Waals surface area contributed by atoms with Crippen molar-refractivity contribution in [3.63, 3.8) is 0 Å². The summed E-state index contributed by atoms with van der Waals surface area (Å²) < 4.78 is 16.4. The molecule has 6 heteroatoms. The minimum atomic E-state index is -0.298. The molecule has 0 radical (unpaired) electrons. The second-order valence-corrected chi connectivity index (χ2v) is 6.54. The highest BCUT2D eigenvalue weighted by molar-refractivity contribution is 5.78. The van der Waals surface area contributed by atoms with Gasteiger partial charge in [0.25, 0.3) is 5.91 Å². The molecule has 1 aromatic carbocycles. The van der Waals surface area contributed by atoms with E-state index in [0.717, 1.165) is 36.3 Å². The van der Waals surface area contributed by atoms with Gasteiger partial charge in [0.05, 0.1) is 19.1 Å². The van der Waals surface area contributed by atoms with Crippen LogP contribution in [0.3, 0.4) is 0 Å². The number of amides is 1. The summed E-state index contributed by atoms with van der Waals surface area (Å²) >= 11 is 0. The van der Waals surface area contributed by atoms with Crippen LogP contribution < -0.4 is 4.74 Å². The Morgan fingerprint density at radius 2 is 2.00 bits per heavy atom. The van der Waals surface area contributed by atoms with Crippen molar-refractivity contribution in [1.29, 1.82) is 0 Å². The van der Waals surface area contributed by atoms with Crippen molar-refractivity contribution in [2.24, 2.45) is 0 Å². The van der Waals surface area contributed by atoms with Gasteiger partial charge in [0.15, 0.2) is 6.61 Å². The van der Waals surface area contributed by atoms with Crippen molar-refractivity contribution in [3.8, 4) is 5.75 Å². The maximum atomic E-state index is 12.7. The Morgan fingerprint density at radius 3 is 2.62 bits per heavy atom. The average Bonchev–Trinajstić information content (AvgIpc) is 3.11. The zero-order chi connectivity index (χ0) is 18.9. The Balaban J connectivity index is 1.95. The molecule has 0 saturated carbocycles. The van der Waals surface area contributed by atoms with Gasteiger partial charge < -0.3 is 19.1 Å². The molecular weight excluding hydrogens is 334 g/mol. The SMILES string of the molecule is CCOC(=O)CCN(CC1CCCO1)C(=O)COc1c(C)cccc1C. The molecule has 1 heterocycles. The standard InChI is InChI=1S/C20H29NO5/c1-4-24-19(23)10-11-21(13-17-9-6-12-25-17)18(22)14-26-20-15(2)7-5-8-16(20)3/h5,7-8,17H,4,6,9-14H2,1-3H3. The molecule has 0 N–H and O–H groups in total. The predicted molar refractivity (Wildman–Crippen MR) is 98.2 cm³/mol. The van der Waals surface area contributed by atoms with Crippen LogP contribution in [0, 0.1) is 13.8 Å². The number of carbonyl (C=O) groups is 2. The molecule has 0 aromatic heterocycles. The number of nitrogens with zero attached hydrogens (tertiary/aromatic N) is 1. The number of rotatable bonds is 9. The molecule has 1 amide bonds. The number of hydrogen-bond acceptors (Lipinski definition) is 5. The van der Waals surface area contributed by atoms with Crippen molar-refractivity contribution in [3.05, 3.63) is 29.3 Å². The second-order valence-electron chi connectivity index (χ2n) is 6.54. The summed E-state index contributed by atoms with van der Waals surface area (Å²) in [5, 5.41) is 0. The zero-order valence-electron chi connectivity index (χ0n) is 16.0. The van der Waals surface area contributed by atoms with Gasteiger partial charge in [-0.25, -0.2) is 0 Å². The maximum absolute atomic E-state index is 12.7. The Morgan fingerprint density at radius 1 is 1.27 bits per heavy atom. The smallest absolute Gasteiger partial charge is 0.307 e. The van der Waals surface area contributed by atoms with Crippen LogP contribution in [-0.2, 0) is 19.1 Å². The summed E-state index contributed by atoms with van der Waals surface area (Å²) in [5.41, 5.74) is 1.99. The fraction of sp³-hybridized carbons (Fsp3) is 0.600. The molecule has 1 aliphatic rings. The van der Waals surface area contributed by atoms with Crippen LogP contribution in [0.4, 0.5) is 0 Å². The van der Waals surface area contributed by atoms with Crippen molar-refractivity contribution < 1.29 is 23.8 Å². The molecule has 1 aliphatic heterocycles. The summed E-state index contributed by atoms with van der Waals surface area (Å²) in [5.74, 6) is 0.295. The van der Waals surface area contributed by atoms with Gasteiger partial charge in [-0.15, -0.1) is 0 Å². The summed E-state index contributed by atoms with van der Waals surface area (Å²) in [6.45, 7) is 7.49. The van der Waals surface area contributed by atoms with Crippen molar-refractivity contribution in [2.75, 3.05) is 32.9 Å². The fourth-order valence-electron chi connectivity index (χ4n) is 3.06. The first-order valence-electron chi connectivity index (χ1n) is 9.25. The molecule has 0 spiro atoms. The fourth-order valence-corrected chi connectivity index (χ4v) is 3.06. The second kappa shape index (κ2) is 10.2. The summed E-state index contributed by atoms with van der Waals surface area (Å²) in [7, 11) is 0. The number of benzene rings is 1. The number of ether oxygens (including phenoxy) is 3. The molecule has 144 valence electrons. The zero-order valence-corrected chi connectivity index (χ0v) is 16.0. The molecule has 0 aliphatic carbocycles. The van der Waals surface area contributed by atoms with Gasteiger partial charge in [-0.2, -0.15) is 0 Å². The van der Waals surface area contributed by atoms with E-state index in [1.54, 1.807) is 11.8 Å². The van der Waals surface area contributed by atoms with Gasteiger partial charge in [0.1, 0.15) is 5.75 Å². The third-order valence-electron chi connectivity index (χ3n) is 4.44. The molecule has 0 bridgehead atoms. The third kappa shape index (κ3) is 6.02. The van der Waals surface area contributed by atoms with Crippen LogP contribution in [0.25, 0.3) is 0 Å². The molecule has 26 heavy (non-hydrogen) atoms. The number of carbonyl (C=O) groups excluding carboxylic acids is 2. The van der Waals surface area contributed by atoms with E-state index in [9.17, 15) is 9.59 Å². The average molecular weight is 363 g/mol.